The number of para-hydroxylation sites is 2. The van der Waals surface area contributed by atoms with Crippen LogP contribution >= 0.6 is 0 Å². The van der Waals surface area contributed by atoms with Crippen LogP contribution in [0, 0.1) is 6.92 Å². The van der Waals surface area contributed by atoms with Crippen LogP contribution in [0.1, 0.15) is 21.6 Å². The summed E-state index contributed by atoms with van der Waals surface area (Å²) in [6.07, 6.45) is 0. The summed E-state index contributed by atoms with van der Waals surface area (Å²) in [5.74, 6) is 1.10. The normalized spacial score (nSPS) is 10.7. The molecule has 0 aliphatic carbocycles. The molecule has 0 spiro atoms. The highest BCUT2D eigenvalue weighted by Crippen LogP contribution is 2.29. The number of benzene rings is 3. The molecular formula is C24H22N2O3. The van der Waals surface area contributed by atoms with Crippen LogP contribution in [0.5, 0.6) is 11.5 Å². The van der Waals surface area contributed by atoms with Gasteiger partial charge in [0, 0.05) is 10.9 Å². The Balaban J connectivity index is 1.57. The molecule has 146 valence electrons. The first-order valence-corrected chi connectivity index (χ1v) is 9.39. The van der Waals surface area contributed by atoms with Gasteiger partial charge in [-0.25, -0.2) is 0 Å². The summed E-state index contributed by atoms with van der Waals surface area (Å²) in [4.78, 5) is 15.9. The van der Waals surface area contributed by atoms with Crippen molar-refractivity contribution in [1.29, 1.82) is 0 Å². The SMILES string of the molecule is COc1ccccc1NC(=O)c1cc2c(OCc3ccccc3C)cccc2[nH]1. The van der Waals surface area contributed by atoms with Crippen molar-refractivity contribution in [1.82, 2.24) is 4.98 Å². The number of methoxy groups -OCH3 is 1. The zero-order chi connectivity index (χ0) is 20.2. The highest BCUT2D eigenvalue weighted by Gasteiger charge is 2.14. The van der Waals surface area contributed by atoms with Crippen molar-refractivity contribution in [3.8, 4) is 11.5 Å². The number of ether oxygens (including phenoxy) is 2. The van der Waals surface area contributed by atoms with E-state index in [4.69, 9.17) is 9.47 Å². The number of hydrogen-bond acceptors (Lipinski definition) is 3. The molecule has 0 saturated carbocycles. The van der Waals surface area contributed by atoms with Crippen LogP contribution in [0.25, 0.3) is 10.9 Å². The third-order valence-electron chi connectivity index (χ3n) is 4.87. The van der Waals surface area contributed by atoms with Crippen molar-refractivity contribution in [3.05, 3.63) is 89.6 Å². The van der Waals surface area contributed by atoms with E-state index in [9.17, 15) is 4.79 Å². The Kier molecular flexibility index (Phi) is 5.20. The molecule has 4 aromatic rings. The fraction of sp³-hybridized carbons (Fsp3) is 0.125. The van der Waals surface area contributed by atoms with Crippen LogP contribution in [0.4, 0.5) is 5.69 Å². The lowest BCUT2D eigenvalue weighted by atomic mass is 10.1. The highest BCUT2D eigenvalue weighted by atomic mass is 16.5. The molecule has 2 N–H and O–H groups in total. The zero-order valence-corrected chi connectivity index (χ0v) is 16.4. The summed E-state index contributed by atoms with van der Waals surface area (Å²) in [5, 5.41) is 3.75. The van der Waals surface area contributed by atoms with Crippen LogP contribution in [0.15, 0.2) is 72.8 Å². The molecule has 0 fully saturated rings. The standard InChI is InChI=1S/C24H22N2O3/c1-16-8-3-4-9-17(16)15-29-22-13-7-11-19-18(22)14-21(25-19)24(27)26-20-10-5-6-12-23(20)28-2/h3-14,25H,15H2,1-2H3,(H,26,27). The summed E-state index contributed by atoms with van der Waals surface area (Å²) in [6.45, 7) is 2.54. The Labute approximate surface area is 169 Å². The number of hydrogen-bond donors (Lipinski definition) is 2. The van der Waals surface area contributed by atoms with E-state index in [1.165, 1.54) is 5.56 Å². The van der Waals surface area contributed by atoms with Gasteiger partial charge in [-0.05, 0) is 48.4 Å². The monoisotopic (exact) mass is 386 g/mol. The Morgan fingerprint density at radius 1 is 0.966 bits per heavy atom. The van der Waals surface area contributed by atoms with Gasteiger partial charge in [0.2, 0.25) is 0 Å². The van der Waals surface area contributed by atoms with E-state index in [2.05, 4.69) is 29.4 Å². The second-order valence-corrected chi connectivity index (χ2v) is 6.77. The maximum atomic E-state index is 12.7. The minimum atomic E-state index is -0.240. The Hall–Kier alpha value is -3.73. The van der Waals surface area contributed by atoms with Crippen molar-refractivity contribution in [3.63, 3.8) is 0 Å². The number of fused-ring (bicyclic) bond motifs is 1. The molecule has 5 nitrogen and oxygen atoms in total. The predicted molar refractivity (Wildman–Crippen MR) is 115 cm³/mol. The summed E-state index contributed by atoms with van der Waals surface area (Å²) in [5.41, 5.74) is 4.24. The number of carbonyl (C=O) groups excluding carboxylic acids is 1. The lowest BCUT2D eigenvalue weighted by molar-refractivity contribution is 0.102. The van der Waals surface area contributed by atoms with Gasteiger partial charge in [0.15, 0.2) is 0 Å². The topological polar surface area (TPSA) is 63.4 Å². The maximum absolute atomic E-state index is 12.7. The van der Waals surface area contributed by atoms with E-state index in [-0.39, 0.29) is 5.91 Å². The van der Waals surface area contributed by atoms with E-state index in [0.717, 1.165) is 22.2 Å². The molecule has 0 atom stereocenters. The minimum Gasteiger partial charge on any atom is -0.495 e. The van der Waals surface area contributed by atoms with Gasteiger partial charge in [-0.2, -0.15) is 0 Å². The van der Waals surface area contributed by atoms with Crippen molar-refractivity contribution >= 4 is 22.5 Å². The van der Waals surface area contributed by atoms with E-state index in [0.29, 0.717) is 23.7 Å². The Bertz CT molecular complexity index is 1160. The third-order valence-corrected chi connectivity index (χ3v) is 4.87. The number of carbonyl (C=O) groups is 1. The van der Waals surface area contributed by atoms with Crippen molar-refractivity contribution in [2.75, 3.05) is 12.4 Å². The first-order valence-electron chi connectivity index (χ1n) is 9.39. The number of rotatable bonds is 6. The number of amides is 1. The van der Waals surface area contributed by atoms with Gasteiger partial charge in [-0.1, -0.05) is 42.5 Å². The van der Waals surface area contributed by atoms with E-state index in [1.807, 2.05) is 48.5 Å². The summed E-state index contributed by atoms with van der Waals surface area (Å²) < 4.78 is 11.4. The molecule has 1 heterocycles. The molecule has 0 aliphatic rings. The first-order chi connectivity index (χ1) is 14.2. The van der Waals surface area contributed by atoms with Crippen molar-refractivity contribution in [2.24, 2.45) is 0 Å². The summed E-state index contributed by atoms with van der Waals surface area (Å²) >= 11 is 0. The molecule has 1 amide bonds. The lowest BCUT2D eigenvalue weighted by Gasteiger charge is -2.09. The Morgan fingerprint density at radius 3 is 2.55 bits per heavy atom. The van der Waals surface area contributed by atoms with Gasteiger partial charge in [0.05, 0.1) is 12.8 Å². The molecule has 0 saturated heterocycles. The molecule has 0 radical (unpaired) electrons. The second kappa shape index (κ2) is 8.10. The van der Waals surface area contributed by atoms with Crippen LogP contribution in [0.2, 0.25) is 0 Å². The van der Waals surface area contributed by atoms with E-state index < -0.39 is 0 Å². The van der Waals surface area contributed by atoms with Crippen LogP contribution in [0.3, 0.4) is 0 Å². The molecule has 0 unspecified atom stereocenters. The number of aromatic amines is 1. The Morgan fingerprint density at radius 2 is 1.72 bits per heavy atom. The molecule has 3 aromatic carbocycles. The van der Waals surface area contributed by atoms with Crippen molar-refractivity contribution in [2.45, 2.75) is 13.5 Å². The molecule has 0 aliphatic heterocycles. The second-order valence-electron chi connectivity index (χ2n) is 6.77. The fourth-order valence-electron chi connectivity index (χ4n) is 3.24. The van der Waals surface area contributed by atoms with Gasteiger partial charge in [0.1, 0.15) is 23.8 Å². The zero-order valence-electron chi connectivity index (χ0n) is 16.4. The quantitative estimate of drug-likeness (QED) is 0.472. The average molecular weight is 386 g/mol. The highest BCUT2D eigenvalue weighted by molar-refractivity contribution is 6.07. The largest absolute Gasteiger partial charge is 0.495 e. The van der Waals surface area contributed by atoms with Crippen LogP contribution in [-0.2, 0) is 6.61 Å². The van der Waals surface area contributed by atoms with Crippen molar-refractivity contribution < 1.29 is 14.3 Å². The van der Waals surface area contributed by atoms with E-state index in [1.54, 1.807) is 19.2 Å². The van der Waals surface area contributed by atoms with Gasteiger partial charge < -0.3 is 19.8 Å². The predicted octanol–water partition coefficient (Wildman–Crippen LogP) is 5.32. The number of anilines is 1. The maximum Gasteiger partial charge on any atom is 0.272 e. The molecule has 1 aromatic heterocycles. The lowest BCUT2D eigenvalue weighted by Crippen LogP contribution is -2.12. The van der Waals surface area contributed by atoms with E-state index >= 15 is 0 Å². The molecule has 4 rings (SSSR count). The fourth-order valence-corrected chi connectivity index (χ4v) is 3.24. The molecular weight excluding hydrogens is 364 g/mol. The van der Waals surface area contributed by atoms with Gasteiger partial charge >= 0.3 is 0 Å². The smallest absolute Gasteiger partial charge is 0.272 e. The van der Waals surface area contributed by atoms with Crippen LogP contribution < -0.4 is 14.8 Å². The number of nitrogens with one attached hydrogen (secondary N) is 2. The molecule has 0 bridgehead atoms. The average Bonchev–Trinajstić information content (AvgIpc) is 3.19. The third kappa shape index (κ3) is 3.94. The number of aryl methyl sites for hydroxylation is 1. The minimum absolute atomic E-state index is 0.240. The van der Waals surface area contributed by atoms with Gasteiger partial charge in [-0.15, -0.1) is 0 Å². The molecule has 5 heteroatoms. The number of aromatic nitrogens is 1. The van der Waals surface area contributed by atoms with Gasteiger partial charge in [-0.3, -0.25) is 4.79 Å². The molecule has 29 heavy (non-hydrogen) atoms. The van der Waals surface area contributed by atoms with Gasteiger partial charge in [0.25, 0.3) is 5.91 Å². The number of H-pyrrole nitrogens is 1. The first kappa shape index (κ1) is 18.6. The summed E-state index contributed by atoms with van der Waals surface area (Å²) in [7, 11) is 1.58. The summed E-state index contributed by atoms with van der Waals surface area (Å²) in [6, 6.07) is 23.0. The van der Waals surface area contributed by atoms with Crippen LogP contribution in [-0.4, -0.2) is 18.0 Å².